The van der Waals surface area contributed by atoms with Crippen molar-refractivity contribution in [2.24, 2.45) is 5.16 Å². The summed E-state index contributed by atoms with van der Waals surface area (Å²) in [7, 11) is 0. The van der Waals surface area contributed by atoms with E-state index in [0.29, 0.717) is 16.6 Å². The Morgan fingerprint density at radius 2 is 2.15 bits per heavy atom. The van der Waals surface area contributed by atoms with Crippen LogP contribution in [0.2, 0.25) is 0 Å². The molecular weight excluding hydrogens is 488 g/mol. The lowest BCUT2D eigenvalue weighted by Gasteiger charge is -2.49. The molecule has 1 aromatic heterocycles. The second-order valence-corrected chi connectivity index (χ2v) is 10.7. The number of nitrogens with two attached hydrogens (primary N) is 1. The van der Waals surface area contributed by atoms with Crippen LogP contribution < -0.4 is 16.4 Å². The fourth-order valence-electron chi connectivity index (χ4n) is 3.75. The SMILES string of the molecule is Nc1nc(C(=NO)C(=O)N[C@@H]2C(=O)N3C(C(=O)O)=C(/C=C/SC4CCNCC4)CS[C@H]23)cs1. The van der Waals surface area contributed by atoms with Gasteiger partial charge in [-0.1, -0.05) is 5.16 Å². The largest absolute Gasteiger partial charge is 0.477 e. The fraction of sp³-hybridized carbons (Fsp3) is 0.421. The van der Waals surface area contributed by atoms with E-state index < -0.39 is 29.2 Å². The van der Waals surface area contributed by atoms with Crippen LogP contribution in [0.25, 0.3) is 0 Å². The Kier molecular flexibility index (Phi) is 7.26. The molecule has 3 aliphatic rings. The van der Waals surface area contributed by atoms with Crippen LogP contribution in [0.5, 0.6) is 0 Å². The first kappa shape index (κ1) is 23.6. The van der Waals surface area contributed by atoms with Crippen LogP contribution >= 0.6 is 34.9 Å². The molecule has 0 aliphatic carbocycles. The second-order valence-electron chi connectivity index (χ2n) is 7.45. The number of hydrogen-bond acceptors (Lipinski definition) is 11. The number of hydrogen-bond donors (Lipinski definition) is 5. The molecule has 0 bridgehead atoms. The molecule has 0 radical (unpaired) electrons. The fourth-order valence-corrected chi connectivity index (χ4v) is 6.59. The number of allylic oxidation sites excluding steroid dienone is 1. The number of nitrogens with one attached hydrogen (secondary N) is 2. The molecule has 0 aromatic carbocycles. The number of aliphatic carboxylic acids is 1. The molecule has 176 valence electrons. The molecule has 0 unspecified atom stereocenters. The maximum Gasteiger partial charge on any atom is 0.352 e. The zero-order chi connectivity index (χ0) is 23.5. The Hall–Kier alpha value is -2.55. The number of carbonyl (C=O) groups excluding carboxylic acids is 2. The predicted molar refractivity (Wildman–Crippen MR) is 127 cm³/mol. The summed E-state index contributed by atoms with van der Waals surface area (Å²) in [5.41, 5.74) is 5.75. The van der Waals surface area contributed by atoms with E-state index in [-0.39, 0.29) is 22.2 Å². The summed E-state index contributed by atoms with van der Waals surface area (Å²) in [5.74, 6) is -2.15. The maximum absolute atomic E-state index is 12.8. The summed E-state index contributed by atoms with van der Waals surface area (Å²) in [6.45, 7) is 1.94. The summed E-state index contributed by atoms with van der Waals surface area (Å²) < 4.78 is 0. The number of nitrogen functional groups attached to an aromatic ring is 1. The number of carboxylic acids is 1. The van der Waals surface area contributed by atoms with Crippen molar-refractivity contribution >= 4 is 63.5 Å². The molecule has 2 amide bonds. The Morgan fingerprint density at radius 3 is 2.79 bits per heavy atom. The zero-order valence-corrected chi connectivity index (χ0v) is 19.7. The molecule has 33 heavy (non-hydrogen) atoms. The van der Waals surface area contributed by atoms with Gasteiger partial charge in [0.1, 0.15) is 22.8 Å². The molecule has 1 aromatic rings. The lowest BCUT2D eigenvalue weighted by molar-refractivity contribution is -0.150. The number of fused-ring (bicyclic) bond motifs is 1. The van der Waals surface area contributed by atoms with Crippen LogP contribution in [0.4, 0.5) is 5.13 Å². The van der Waals surface area contributed by atoms with Crippen molar-refractivity contribution in [3.8, 4) is 0 Å². The number of carboxylic acid groups (broad SMARTS) is 1. The lowest BCUT2D eigenvalue weighted by atomic mass is 10.0. The highest BCUT2D eigenvalue weighted by atomic mass is 32.2. The van der Waals surface area contributed by atoms with Gasteiger partial charge in [0.2, 0.25) is 0 Å². The third kappa shape index (κ3) is 4.88. The van der Waals surface area contributed by atoms with Crippen molar-refractivity contribution < 1.29 is 24.7 Å². The summed E-state index contributed by atoms with van der Waals surface area (Å²) in [6, 6.07) is -0.945. The van der Waals surface area contributed by atoms with E-state index in [9.17, 15) is 24.7 Å². The van der Waals surface area contributed by atoms with Gasteiger partial charge in [0.15, 0.2) is 10.8 Å². The monoisotopic (exact) mass is 510 g/mol. The number of rotatable bonds is 7. The number of amides is 2. The van der Waals surface area contributed by atoms with Gasteiger partial charge < -0.3 is 26.7 Å². The lowest BCUT2D eigenvalue weighted by Crippen LogP contribution is -2.71. The van der Waals surface area contributed by atoms with Gasteiger partial charge in [-0.25, -0.2) is 9.78 Å². The Bertz CT molecular complexity index is 1050. The average Bonchev–Trinajstić information content (AvgIpc) is 3.23. The topological polar surface area (TPSA) is 170 Å². The number of piperidine rings is 1. The summed E-state index contributed by atoms with van der Waals surface area (Å²) in [5, 5.41) is 31.3. The van der Waals surface area contributed by atoms with Gasteiger partial charge in [-0.15, -0.1) is 34.9 Å². The average molecular weight is 511 g/mol. The number of anilines is 1. The van der Waals surface area contributed by atoms with Crippen molar-refractivity contribution in [2.75, 3.05) is 24.6 Å². The predicted octanol–water partition coefficient (Wildman–Crippen LogP) is 0.641. The molecule has 6 N–H and O–H groups in total. The van der Waals surface area contributed by atoms with Gasteiger partial charge in [0, 0.05) is 16.4 Å². The second kappa shape index (κ2) is 10.2. The van der Waals surface area contributed by atoms with Crippen LogP contribution in [0, 0.1) is 0 Å². The van der Waals surface area contributed by atoms with E-state index in [4.69, 9.17) is 5.73 Å². The molecule has 4 rings (SSSR count). The van der Waals surface area contributed by atoms with Gasteiger partial charge in [-0.2, -0.15) is 0 Å². The number of β-lactam (4-membered cyclic amide) rings is 1. The molecule has 2 atom stereocenters. The highest BCUT2D eigenvalue weighted by molar-refractivity contribution is 8.02. The minimum atomic E-state index is -1.19. The highest BCUT2D eigenvalue weighted by Gasteiger charge is 2.54. The molecule has 14 heteroatoms. The number of oxime groups is 1. The number of thiazole rings is 1. The molecule has 4 heterocycles. The quantitative estimate of drug-likeness (QED) is 0.152. The van der Waals surface area contributed by atoms with E-state index >= 15 is 0 Å². The summed E-state index contributed by atoms with van der Waals surface area (Å²) >= 11 is 4.11. The molecule has 0 saturated carbocycles. The first-order chi connectivity index (χ1) is 15.9. The third-order valence-electron chi connectivity index (χ3n) is 5.39. The van der Waals surface area contributed by atoms with Crippen molar-refractivity contribution in [3.05, 3.63) is 33.8 Å². The minimum absolute atomic E-state index is 0.0697. The van der Waals surface area contributed by atoms with Crippen LogP contribution in [-0.2, 0) is 14.4 Å². The zero-order valence-electron chi connectivity index (χ0n) is 17.3. The number of nitrogens with zero attached hydrogens (tertiary/aromatic N) is 3. The standard InChI is InChI=1S/C19H22N6O5S3/c20-19-22-11(8-33-19)12(24-30)15(26)23-13-16(27)25-14(18(28)29)9(7-32-17(13)25)3-6-31-10-1-4-21-5-2-10/h3,6,8,10,13,17,21,30H,1-2,4-5,7H2,(H2,20,22)(H,23,26)(H,28,29)/b6-3+,24-12?/t13-,17-/m1/s1. The first-order valence-corrected chi connectivity index (χ1v) is 13.0. The van der Waals surface area contributed by atoms with Crippen LogP contribution in [-0.4, -0.2) is 79.2 Å². The first-order valence-electron chi connectivity index (χ1n) is 10.1. The normalized spacial score (nSPS) is 24.1. The van der Waals surface area contributed by atoms with Gasteiger partial charge in [0.25, 0.3) is 11.8 Å². The van der Waals surface area contributed by atoms with E-state index in [1.807, 2.05) is 5.41 Å². The van der Waals surface area contributed by atoms with Crippen LogP contribution in [0.1, 0.15) is 18.5 Å². The van der Waals surface area contributed by atoms with E-state index in [0.717, 1.165) is 37.3 Å². The smallest absolute Gasteiger partial charge is 0.352 e. The van der Waals surface area contributed by atoms with Crippen molar-refractivity contribution in [3.63, 3.8) is 0 Å². The van der Waals surface area contributed by atoms with Crippen molar-refractivity contribution in [2.45, 2.75) is 29.5 Å². The molecule has 3 aliphatic heterocycles. The molecule has 0 spiro atoms. The molecule has 2 fully saturated rings. The summed E-state index contributed by atoms with van der Waals surface area (Å²) in [6.07, 6.45) is 3.87. The molecule has 2 saturated heterocycles. The van der Waals surface area contributed by atoms with Gasteiger partial charge in [-0.05, 0) is 43.0 Å². The Balaban J connectivity index is 1.45. The molecular formula is C19H22N6O5S3. The maximum atomic E-state index is 12.8. The van der Waals surface area contributed by atoms with Gasteiger partial charge >= 0.3 is 5.97 Å². The van der Waals surface area contributed by atoms with Crippen molar-refractivity contribution in [1.29, 1.82) is 0 Å². The van der Waals surface area contributed by atoms with E-state index in [1.54, 1.807) is 17.8 Å². The van der Waals surface area contributed by atoms with E-state index in [1.165, 1.54) is 22.0 Å². The Labute approximate surface area is 201 Å². The number of carbonyl (C=O) groups is 3. The number of thioether (sulfide) groups is 2. The van der Waals surface area contributed by atoms with E-state index in [2.05, 4.69) is 20.8 Å². The highest BCUT2D eigenvalue weighted by Crippen LogP contribution is 2.41. The molecule has 11 nitrogen and oxygen atoms in total. The van der Waals surface area contributed by atoms with Gasteiger partial charge in [-0.3, -0.25) is 14.5 Å². The third-order valence-corrected chi connectivity index (χ3v) is 8.52. The summed E-state index contributed by atoms with van der Waals surface area (Å²) in [4.78, 5) is 42.4. The minimum Gasteiger partial charge on any atom is -0.477 e. The van der Waals surface area contributed by atoms with Gasteiger partial charge in [0.05, 0.1) is 0 Å². The number of aromatic nitrogens is 1. The van der Waals surface area contributed by atoms with Crippen LogP contribution in [0.3, 0.4) is 0 Å². The van der Waals surface area contributed by atoms with Crippen LogP contribution in [0.15, 0.2) is 33.3 Å². The Morgan fingerprint density at radius 1 is 1.39 bits per heavy atom. The van der Waals surface area contributed by atoms with Crippen molar-refractivity contribution in [1.82, 2.24) is 20.5 Å².